The summed E-state index contributed by atoms with van der Waals surface area (Å²) in [4.78, 5) is 0. The first-order chi connectivity index (χ1) is 8.56. The lowest BCUT2D eigenvalue weighted by molar-refractivity contribution is 0.0302. The van der Waals surface area contributed by atoms with Gasteiger partial charge in [-0.05, 0) is 32.6 Å². The van der Waals surface area contributed by atoms with Crippen molar-refractivity contribution in [3.05, 3.63) is 0 Å². The van der Waals surface area contributed by atoms with Gasteiger partial charge in [0.15, 0.2) is 0 Å². The van der Waals surface area contributed by atoms with Crippen molar-refractivity contribution >= 4 is 0 Å². The van der Waals surface area contributed by atoms with Crippen molar-refractivity contribution in [3.63, 3.8) is 0 Å². The van der Waals surface area contributed by atoms with E-state index in [1.54, 1.807) is 0 Å². The molecule has 0 radical (unpaired) electrons. The largest absolute Gasteiger partial charge is 0.389 e. The summed E-state index contributed by atoms with van der Waals surface area (Å²) in [6, 6.07) is 0. The minimum absolute atomic E-state index is 0.189. The smallest absolute Gasteiger partial charge is 0.0897 e. The molecule has 2 unspecified atom stereocenters. The lowest BCUT2D eigenvalue weighted by atomic mass is 10.1. The number of rotatable bonds is 12. The molecule has 2 atom stereocenters. The minimum atomic E-state index is -0.433. The van der Waals surface area contributed by atoms with E-state index in [0.717, 1.165) is 32.1 Å². The van der Waals surface area contributed by atoms with Crippen LogP contribution in [0.2, 0.25) is 0 Å². The molecule has 0 saturated heterocycles. The molecule has 0 aromatic heterocycles. The van der Waals surface area contributed by atoms with Crippen LogP contribution in [-0.4, -0.2) is 50.2 Å². The van der Waals surface area contributed by atoms with Crippen molar-refractivity contribution in [3.8, 4) is 0 Å². The molecule has 0 fully saturated rings. The van der Waals surface area contributed by atoms with Crippen LogP contribution < -0.4 is 5.32 Å². The summed E-state index contributed by atoms with van der Waals surface area (Å²) in [6.07, 6.45) is 2.01. The molecule has 0 bridgehead atoms. The van der Waals surface area contributed by atoms with Gasteiger partial charge in [-0.15, -0.1) is 0 Å². The highest BCUT2D eigenvalue weighted by Gasteiger charge is 2.06. The molecule has 4 nitrogen and oxygen atoms in total. The molecule has 0 aliphatic rings. The highest BCUT2D eigenvalue weighted by Crippen LogP contribution is 2.03. The molecule has 0 rings (SSSR count). The summed E-state index contributed by atoms with van der Waals surface area (Å²) in [6.45, 7) is 11.6. The van der Waals surface area contributed by atoms with Gasteiger partial charge in [-0.2, -0.15) is 0 Å². The molecular formula is C14H31NO3. The van der Waals surface area contributed by atoms with Crippen LogP contribution in [0.4, 0.5) is 0 Å². The first kappa shape index (κ1) is 17.8. The fourth-order valence-electron chi connectivity index (χ4n) is 1.67. The minimum Gasteiger partial charge on any atom is -0.389 e. The monoisotopic (exact) mass is 261 g/mol. The van der Waals surface area contributed by atoms with Crippen molar-refractivity contribution in [2.45, 2.75) is 52.7 Å². The molecule has 0 aromatic rings. The summed E-state index contributed by atoms with van der Waals surface area (Å²) >= 11 is 0. The predicted molar refractivity (Wildman–Crippen MR) is 74.9 cm³/mol. The van der Waals surface area contributed by atoms with Gasteiger partial charge in [0.05, 0.1) is 18.8 Å². The third kappa shape index (κ3) is 12.3. The van der Waals surface area contributed by atoms with Crippen LogP contribution in [0.25, 0.3) is 0 Å². The summed E-state index contributed by atoms with van der Waals surface area (Å²) in [5.74, 6) is 0.722. The standard InChI is InChI=1S/C14H31NO3/c1-5-18-13(4)9-15-10-14(16)11-17-8-6-7-12(2)3/h12-16H,5-11H2,1-4H3. The van der Waals surface area contributed by atoms with E-state index < -0.39 is 6.10 Å². The Morgan fingerprint density at radius 2 is 1.89 bits per heavy atom. The zero-order chi connectivity index (χ0) is 13.8. The average molecular weight is 261 g/mol. The molecule has 0 amide bonds. The molecule has 0 aliphatic heterocycles. The van der Waals surface area contributed by atoms with Crippen LogP contribution in [0.1, 0.15) is 40.5 Å². The summed E-state index contributed by atoms with van der Waals surface area (Å²) < 4.78 is 10.8. The van der Waals surface area contributed by atoms with Gasteiger partial charge in [0.1, 0.15) is 0 Å². The van der Waals surface area contributed by atoms with Crippen LogP contribution >= 0.6 is 0 Å². The Kier molecular flexibility index (Phi) is 11.8. The maximum atomic E-state index is 9.67. The van der Waals surface area contributed by atoms with E-state index in [0.29, 0.717) is 13.2 Å². The molecule has 2 N–H and O–H groups in total. The first-order valence-electron chi connectivity index (χ1n) is 7.14. The fourth-order valence-corrected chi connectivity index (χ4v) is 1.67. The number of aliphatic hydroxyl groups excluding tert-OH is 1. The molecule has 18 heavy (non-hydrogen) atoms. The SMILES string of the molecule is CCOC(C)CNCC(O)COCCCC(C)C. The van der Waals surface area contributed by atoms with Crippen LogP contribution in [0.3, 0.4) is 0 Å². The average Bonchev–Trinajstić information content (AvgIpc) is 2.28. The number of hydrogen-bond acceptors (Lipinski definition) is 4. The van der Waals surface area contributed by atoms with E-state index in [-0.39, 0.29) is 6.10 Å². The number of aliphatic hydroxyl groups is 1. The van der Waals surface area contributed by atoms with Crippen molar-refractivity contribution in [2.75, 3.05) is 32.9 Å². The molecular weight excluding hydrogens is 230 g/mol. The first-order valence-corrected chi connectivity index (χ1v) is 7.14. The number of ether oxygens (including phenoxy) is 2. The maximum Gasteiger partial charge on any atom is 0.0897 e. The van der Waals surface area contributed by atoms with Gasteiger partial charge in [-0.1, -0.05) is 13.8 Å². The van der Waals surface area contributed by atoms with Gasteiger partial charge >= 0.3 is 0 Å². The lowest BCUT2D eigenvalue weighted by Crippen LogP contribution is -2.35. The van der Waals surface area contributed by atoms with E-state index in [9.17, 15) is 5.11 Å². The van der Waals surface area contributed by atoms with Crippen LogP contribution in [-0.2, 0) is 9.47 Å². The number of hydrogen-bond donors (Lipinski definition) is 2. The molecule has 0 heterocycles. The van der Waals surface area contributed by atoms with Crippen LogP contribution in [0.15, 0.2) is 0 Å². The Morgan fingerprint density at radius 1 is 1.17 bits per heavy atom. The Labute approximate surface area is 112 Å². The van der Waals surface area contributed by atoms with Crippen molar-refractivity contribution < 1.29 is 14.6 Å². The zero-order valence-corrected chi connectivity index (χ0v) is 12.4. The maximum absolute atomic E-state index is 9.67. The summed E-state index contributed by atoms with van der Waals surface area (Å²) in [5.41, 5.74) is 0. The second-order valence-electron chi connectivity index (χ2n) is 5.19. The molecule has 0 aliphatic carbocycles. The quantitative estimate of drug-likeness (QED) is 0.526. The highest BCUT2D eigenvalue weighted by atomic mass is 16.5. The summed E-state index contributed by atoms with van der Waals surface area (Å²) in [7, 11) is 0. The van der Waals surface area contributed by atoms with E-state index in [2.05, 4.69) is 19.2 Å². The second-order valence-corrected chi connectivity index (χ2v) is 5.19. The lowest BCUT2D eigenvalue weighted by Gasteiger charge is -2.15. The van der Waals surface area contributed by atoms with Gasteiger partial charge in [0.2, 0.25) is 0 Å². The Hall–Kier alpha value is -0.160. The highest BCUT2D eigenvalue weighted by molar-refractivity contribution is 4.61. The van der Waals surface area contributed by atoms with E-state index in [1.807, 2.05) is 13.8 Å². The predicted octanol–water partition coefficient (Wildman–Crippen LogP) is 1.81. The van der Waals surface area contributed by atoms with Gasteiger partial charge < -0.3 is 19.9 Å². The Balaban J connectivity index is 3.29. The molecule has 110 valence electrons. The van der Waals surface area contributed by atoms with Crippen LogP contribution in [0.5, 0.6) is 0 Å². The third-order valence-electron chi connectivity index (χ3n) is 2.64. The van der Waals surface area contributed by atoms with E-state index in [1.165, 1.54) is 6.42 Å². The molecule has 0 saturated carbocycles. The third-order valence-corrected chi connectivity index (χ3v) is 2.64. The number of nitrogens with one attached hydrogen (secondary N) is 1. The Morgan fingerprint density at radius 3 is 2.50 bits per heavy atom. The molecule has 0 aromatic carbocycles. The topological polar surface area (TPSA) is 50.7 Å². The second kappa shape index (κ2) is 11.9. The van der Waals surface area contributed by atoms with Crippen molar-refractivity contribution in [2.24, 2.45) is 5.92 Å². The zero-order valence-electron chi connectivity index (χ0n) is 12.4. The molecule has 4 heteroatoms. The van der Waals surface area contributed by atoms with Gasteiger partial charge in [-0.25, -0.2) is 0 Å². The van der Waals surface area contributed by atoms with Gasteiger partial charge in [0, 0.05) is 26.3 Å². The summed E-state index contributed by atoms with van der Waals surface area (Å²) in [5, 5.41) is 12.8. The molecule has 0 spiro atoms. The van der Waals surface area contributed by atoms with Gasteiger partial charge in [-0.3, -0.25) is 0 Å². The van der Waals surface area contributed by atoms with Crippen molar-refractivity contribution in [1.29, 1.82) is 0 Å². The Bertz CT molecular complexity index is 176. The van der Waals surface area contributed by atoms with E-state index >= 15 is 0 Å². The van der Waals surface area contributed by atoms with Crippen LogP contribution in [0, 0.1) is 5.92 Å². The normalized spacial score (nSPS) is 15.0. The van der Waals surface area contributed by atoms with E-state index in [4.69, 9.17) is 9.47 Å². The fraction of sp³-hybridized carbons (Fsp3) is 1.00. The van der Waals surface area contributed by atoms with Gasteiger partial charge in [0.25, 0.3) is 0 Å². The van der Waals surface area contributed by atoms with Crippen molar-refractivity contribution in [1.82, 2.24) is 5.32 Å².